The summed E-state index contributed by atoms with van der Waals surface area (Å²) in [7, 11) is 0. The molecule has 5 heteroatoms. The molecule has 5 nitrogen and oxygen atoms in total. The molecule has 0 spiro atoms. The van der Waals surface area contributed by atoms with E-state index in [1.807, 2.05) is 13.8 Å². The third-order valence-corrected chi connectivity index (χ3v) is 2.52. The van der Waals surface area contributed by atoms with Gasteiger partial charge >= 0.3 is 0 Å². The number of nitrogens with one attached hydrogen (secondary N) is 1. The first kappa shape index (κ1) is 12.1. The van der Waals surface area contributed by atoms with Crippen LogP contribution < -0.4 is 5.73 Å². The molecule has 0 amide bonds. The first-order chi connectivity index (χ1) is 7.16. The lowest BCUT2D eigenvalue weighted by Gasteiger charge is -2.24. The fraction of sp³-hybridized carbons (Fsp3) is 0.800. The molecule has 86 valence electrons. The van der Waals surface area contributed by atoms with Crippen LogP contribution in [0.5, 0.6) is 0 Å². The molecule has 0 saturated heterocycles. The van der Waals surface area contributed by atoms with Crippen LogP contribution in [-0.2, 0) is 16.8 Å². The summed E-state index contributed by atoms with van der Waals surface area (Å²) >= 11 is 0. The van der Waals surface area contributed by atoms with E-state index in [1.165, 1.54) is 0 Å². The summed E-state index contributed by atoms with van der Waals surface area (Å²) in [5.74, 6) is 1.54. The molecule has 0 fully saturated rings. The number of aromatic nitrogens is 3. The minimum atomic E-state index is -0.391. The van der Waals surface area contributed by atoms with E-state index in [2.05, 4.69) is 22.1 Å². The lowest BCUT2D eigenvalue weighted by molar-refractivity contribution is -0.0388. The third-order valence-electron chi connectivity index (χ3n) is 2.52. The molecule has 1 heterocycles. The summed E-state index contributed by atoms with van der Waals surface area (Å²) in [5, 5.41) is 7.06. The van der Waals surface area contributed by atoms with E-state index in [9.17, 15) is 0 Å². The number of ether oxygens (including phenoxy) is 1. The summed E-state index contributed by atoms with van der Waals surface area (Å²) in [6.45, 7) is 7.28. The second-order valence-electron chi connectivity index (χ2n) is 3.66. The molecule has 1 atom stereocenters. The van der Waals surface area contributed by atoms with E-state index >= 15 is 0 Å². The number of nitrogens with zero attached hydrogens (tertiary/aromatic N) is 2. The van der Waals surface area contributed by atoms with Crippen LogP contribution >= 0.6 is 0 Å². The van der Waals surface area contributed by atoms with Crippen molar-refractivity contribution in [2.75, 3.05) is 13.2 Å². The molecule has 0 aliphatic heterocycles. The number of H-pyrrole nitrogens is 1. The zero-order chi connectivity index (χ0) is 11.3. The van der Waals surface area contributed by atoms with Crippen LogP contribution in [0.25, 0.3) is 0 Å². The van der Waals surface area contributed by atoms with Gasteiger partial charge in [-0.25, -0.2) is 4.98 Å². The van der Waals surface area contributed by atoms with Crippen molar-refractivity contribution in [1.82, 2.24) is 15.2 Å². The maximum atomic E-state index is 5.68. The Balaban J connectivity index is 2.82. The summed E-state index contributed by atoms with van der Waals surface area (Å²) in [6, 6.07) is 0. The van der Waals surface area contributed by atoms with Gasteiger partial charge in [-0.05, 0) is 26.8 Å². The molecule has 0 aliphatic rings. The van der Waals surface area contributed by atoms with Gasteiger partial charge in [0.1, 0.15) is 11.4 Å². The smallest absolute Gasteiger partial charge is 0.182 e. The van der Waals surface area contributed by atoms with Crippen molar-refractivity contribution in [2.45, 2.75) is 39.2 Å². The van der Waals surface area contributed by atoms with Crippen LogP contribution in [0.1, 0.15) is 38.8 Å². The molecule has 1 rings (SSSR count). The van der Waals surface area contributed by atoms with Crippen molar-refractivity contribution in [3.05, 3.63) is 11.6 Å². The van der Waals surface area contributed by atoms with Crippen molar-refractivity contribution in [3.8, 4) is 0 Å². The lowest BCUT2D eigenvalue weighted by Crippen LogP contribution is -2.26. The normalized spacial score (nSPS) is 15.2. The maximum Gasteiger partial charge on any atom is 0.182 e. The number of aromatic amines is 1. The van der Waals surface area contributed by atoms with Gasteiger partial charge < -0.3 is 10.5 Å². The van der Waals surface area contributed by atoms with Gasteiger partial charge in [0.25, 0.3) is 0 Å². The van der Waals surface area contributed by atoms with Crippen LogP contribution in [0.3, 0.4) is 0 Å². The molecule has 3 N–H and O–H groups in total. The van der Waals surface area contributed by atoms with Crippen LogP contribution in [0.2, 0.25) is 0 Å². The Morgan fingerprint density at radius 3 is 2.73 bits per heavy atom. The van der Waals surface area contributed by atoms with E-state index in [4.69, 9.17) is 10.5 Å². The first-order valence-electron chi connectivity index (χ1n) is 5.42. The van der Waals surface area contributed by atoms with Gasteiger partial charge in [0.15, 0.2) is 5.82 Å². The Labute approximate surface area is 90.4 Å². The Morgan fingerprint density at radius 2 is 2.20 bits per heavy atom. The molecular formula is C10H20N4O. The lowest BCUT2D eigenvalue weighted by atomic mass is 10.0. The van der Waals surface area contributed by atoms with Crippen molar-refractivity contribution in [1.29, 1.82) is 0 Å². The van der Waals surface area contributed by atoms with Crippen LogP contribution in [0.15, 0.2) is 0 Å². The summed E-state index contributed by atoms with van der Waals surface area (Å²) in [6.07, 6.45) is 1.57. The van der Waals surface area contributed by atoms with Gasteiger partial charge in [-0.2, -0.15) is 5.10 Å². The predicted molar refractivity (Wildman–Crippen MR) is 58.4 cm³/mol. The van der Waals surface area contributed by atoms with E-state index in [0.717, 1.165) is 24.5 Å². The van der Waals surface area contributed by atoms with Crippen molar-refractivity contribution in [2.24, 2.45) is 5.73 Å². The summed E-state index contributed by atoms with van der Waals surface area (Å²) < 4.78 is 5.68. The second kappa shape index (κ2) is 5.23. The van der Waals surface area contributed by atoms with Gasteiger partial charge in [0.05, 0.1) is 0 Å². The van der Waals surface area contributed by atoms with Crippen LogP contribution in [-0.4, -0.2) is 28.3 Å². The van der Waals surface area contributed by atoms with Gasteiger partial charge in [-0.15, -0.1) is 0 Å². The average molecular weight is 212 g/mol. The molecule has 0 saturated carbocycles. The fourth-order valence-corrected chi connectivity index (χ4v) is 1.42. The largest absolute Gasteiger partial charge is 0.368 e. The number of hydrogen-bond donors (Lipinski definition) is 2. The predicted octanol–water partition coefficient (Wildman–Crippen LogP) is 0.968. The molecule has 1 aromatic heterocycles. The van der Waals surface area contributed by atoms with Crippen molar-refractivity contribution < 1.29 is 4.74 Å². The standard InChI is InChI=1S/C10H20N4O/c1-4-10(3,15-5-2)9-12-8(6-7-11)13-14-9/h4-7,11H2,1-3H3,(H,12,13,14). The molecule has 0 aliphatic carbocycles. The quantitative estimate of drug-likeness (QED) is 0.736. The first-order valence-corrected chi connectivity index (χ1v) is 5.42. The zero-order valence-corrected chi connectivity index (χ0v) is 9.71. The van der Waals surface area contributed by atoms with E-state index in [-0.39, 0.29) is 0 Å². The fourth-order valence-electron chi connectivity index (χ4n) is 1.42. The number of hydrogen-bond acceptors (Lipinski definition) is 4. The molecule has 0 bridgehead atoms. The third kappa shape index (κ3) is 2.76. The highest BCUT2D eigenvalue weighted by Gasteiger charge is 2.29. The zero-order valence-electron chi connectivity index (χ0n) is 9.71. The van der Waals surface area contributed by atoms with Gasteiger partial charge in [0, 0.05) is 13.0 Å². The highest BCUT2D eigenvalue weighted by atomic mass is 16.5. The van der Waals surface area contributed by atoms with Gasteiger partial charge in [-0.3, -0.25) is 5.10 Å². The Hall–Kier alpha value is -0.940. The second-order valence-corrected chi connectivity index (χ2v) is 3.66. The van der Waals surface area contributed by atoms with Gasteiger partial charge in [0.2, 0.25) is 0 Å². The Morgan fingerprint density at radius 1 is 1.47 bits per heavy atom. The molecule has 1 aromatic rings. The summed E-state index contributed by atoms with van der Waals surface area (Å²) in [5.41, 5.74) is 5.06. The minimum Gasteiger partial charge on any atom is -0.368 e. The highest BCUT2D eigenvalue weighted by molar-refractivity contribution is 5.01. The van der Waals surface area contributed by atoms with Crippen LogP contribution in [0, 0.1) is 0 Å². The van der Waals surface area contributed by atoms with Crippen LogP contribution in [0.4, 0.5) is 0 Å². The molecule has 0 radical (unpaired) electrons. The molecule has 0 aromatic carbocycles. The molecule has 1 unspecified atom stereocenters. The van der Waals surface area contributed by atoms with E-state index in [0.29, 0.717) is 13.2 Å². The van der Waals surface area contributed by atoms with Gasteiger partial charge in [-0.1, -0.05) is 6.92 Å². The van der Waals surface area contributed by atoms with E-state index < -0.39 is 5.60 Å². The Bertz CT molecular complexity index is 299. The monoisotopic (exact) mass is 212 g/mol. The Kier molecular flexibility index (Phi) is 4.23. The topological polar surface area (TPSA) is 76.8 Å². The highest BCUT2D eigenvalue weighted by Crippen LogP contribution is 2.25. The van der Waals surface area contributed by atoms with Crippen molar-refractivity contribution >= 4 is 0 Å². The number of nitrogens with two attached hydrogens (primary N) is 1. The SMILES string of the molecule is CCOC(C)(CC)c1n[nH]c(CCN)n1. The molecular weight excluding hydrogens is 192 g/mol. The number of rotatable bonds is 6. The average Bonchev–Trinajstić information content (AvgIpc) is 2.68. The summed E-state index contributed by atoms with van der Waals surface area (Å²) in [4.78, 5) is 4.39. The molecule has 15 heavy (non-hydrogen) atoms. The minimum absolute atomic E-state index is 0.391. The van der Waals surface area contributed by atoms with Crippen molar-refractivity contribution in [3.63, 3.8) is 0 Å². The van der Waals surface area contributed by atoms with E-state index in [1.54, 1.807) is 0 Å². The maximum absolute atomic E-state index is 5.68.